The zero-order chi connectivity index (χ0) is 17.5. The number of benzene rings is 1. The van der Waals surface area contributed by atoms with Crippen LogP contribution in [-0.4, -0.2) is 46.1 Å². The Bertz CT molecular complexity index is 801. The highest BCUT2D eigenvalue weighted by molar-refractivity contribution is 6.05. The third-order valence-electron chi connectivity index (χ3n) is 4.21. The van der Waals surface area contributed by atoms with Crippen molar-refractivity contribution in [3.8, 4) is 0 Å². The third kappa shape index (κ3) is 2.79. The minimum Gasteiger partial charge on any atom is -0.481 e. The fourth-order valence-corrected chi connectivity index (χ4v) is 3.00. The zero-order valence-electron chi connectivity index (χ0n) is 12.3. The predicted octanol–water partition coefficient (Wildman–Crippen LogP) is 2.57. The molecule has 0 spiro atoms. The van der Waals surface area contributed by atoms with E-state index in [-0.39, 0.29) is 5.56 Å². The topological polar surface area (TPSA) is 70.5 Å². The molecular formula is C16H13F3N2O3. The Balaban J connectivity index is 1.94. The van der Waals surface area contributed by atoms with E-state index in [2.05, 4.69) is 4.98 Å². The number of likely N-dealkylation sites (tertiary alicyclic amines) is 1. The predicted molar refractivity (Wildman–Crippen MR) is 78.3 cm³/mol. The Morgan fingerprint density at radius 2 is 1.88 bits per heavy atom. The molecule has 1 aromatic heterocycles. The van der Waals surface area contributed by atoms with Crippen molar-refractivity contribution in [2.75, 3.05) is 13.1 Å². The number of aliphatic carboxylic acids is 1. The molecule has 0 radical (unpaired) electrons. The molecule has 1 N–H and O–H groups in total. The van der Waals surface area contributed by atoms with Gasteiger partial charge in [0.25, 0.3) is 5.91 Å². The number of alkyl halides is 3. The summed E-state index contributed by atoms with van der Waals surface area (Å²) in [6, 6.07) is 8.26. The highest BCUT2D eigenvalue weighted by Crippen LogP contribution is 2.38. The number of hydrogen-bond donors (Lipinski definition) is 1. The average Bonchev–Trinajstić information content (AvgIpc) is 2.99. The molecule has 0 aliphatic carbocycles. The lowest BCUT2D eigenvalue weighted by molar-refractivity contribution is -0.187. The minimum absolute atomic E-state index is 0.167. The van der Waals surface area contributed by atoms with Gasteiger partial charge in [0.15, 0.2) is 0 Å². The molecule has 5 nitrogen and oxygen atoms in total. The fraction of sp³-hybridized carbons (Fsp3) is 0.312. The minimum atomic E-state index is -4.67. The van der Waals surface area contributed by atoms with Gasteiger partial charge in [-0.3, -0.25) is 14.6 Å². The number of para-hydroxylation sites is 1. The summed E-state index contributed by atoms with van der Waals surface area (Å²) < 4.78 is 39.1. The Kier molecular flexibility index (Phi) is 3.90. The number of nitrogens with zero attached hydrogens (tertiary/aromatic N) is 2. The highest BCUT2D eigenvalue weighted by atomic mass is 19.4. The Hall–Kier alpha value is -2.64. The molecule has 3 rings (SSSR count). The molecule has 1 saturated heterocycles. The number of hydrogen-bond acceptors (Lipinski definition) is 3. The second-order valence-corrected chi connectivity index (χ2v) is 5.68. The van der Waals surface area contributed by atoms with Crippen LogP contribution in [0.4, 0.5) is 13.2 Å². The molecule has 1 amide bonds. The van der Waals surface area contributed by atoms with Crippen LogP contribution in [-0.2, 0) is 4.79 Å². The van der Waals surface area contributed by atoms with Crippen molar-refractivity contribution in [2.45, 2.75) is 6.18 Å². The van der Waals surface area contributed by atoms with E-state index in [9.17, 15) is 22.8 Å². The number of pyridine rings is 1. The summed E-state index contributed by atoms with van der Waals surface area (Å²) in [4.78, 5) is 28.8. The van der Waals surface area contributed by atoms with Crippen LogP contribution in [0.25, 0.3) is 10.9 Å². The van der Waals surface area contributed by atoms with Gasteiger partial charge < -0.3 is 10.0 Å². The van der Waals surface area contributed by atoms with Gasteiger partial charge in [0.05, 0.1) is 22.9 Å². The summed E-state index contributed by atoms with van der Waals surface area (Å²) in [5.41, 5.74) is 0.549. The quantitative estimate of drug-likeness (QED) is 0.914. The molecule has 0 bridgehead atoms. The summed E-state index contributed by atoms with van der Waals surface area (Å²) in [5, 5.41) is 9.72. The molecule has 2 aromatic rings. The number of halogens is 3. The van der Waals surface area contributed by atoms with E-state index < -0.39 is 43.0 Å². The van der Waals surface area contributed by atoms with Crippen LogP contribution < -0.4 is 0 Å². The maximum Gasteiger partial charge on any atom is 0.394 e. The second-order valence-electron chi connectivity index (χ2n) is 5.68. The molecule has 24 heavy (non-hydrogen) atoms. The number of carboxylic acids is 1. The van der Waals surface area contributed by atoms with E-state index in [0.29, 0.717) is 10.9 Å². The molecule has 2 atom stereocenters. The summed E-state index contributed by atoms with van der Waals surface area (Å²) in [6.07, 6.45) is -3.18. The zero-order valence-corrected chi connectivity index (χ0v) is 12.3. The van der Waals surface area contributed by atoms with Crippen LogP contribution in [0, 0.1) is 11.8 Å². The summed E-state index contributed by atoms with van der Waals surface area (Å²) in [7, 11) is 0. The number of rotatable bonds is 2. The Morgan fingerprint density at radius 3 is 2.50 bits per heavy atom. The molecule has 0 saturated carbocycles. The molecule has 1 aliphatic heterocycles. The van der Waals surface area contributed by atoms with E-state index in [1.165, 1.54) is 12.3 Å². The number of fused-ring (bicyclic) bond motifs is 1. The summed E-state index contributed by atoms with van der Waals surface area (Å²) >= 11 is 0. The molecule has 126 valence electrons. The van der Waals surface area contributed by atoms with Crippen molar-refractivity contribution in [1.82, 2.24) is 9.88 Å². The standard InChI is InChI=1S/C16H13F3N2O3/c17-16(18,19)12-8-21(7-11(12)15(23)24)14(22)10-5-1-3-9-4-2-6-20-13(9)10/h1-6,11-12H,7-8H2,(H,23,24)/t11-,12-/m1/s1. The fourth-order valence-electron chi connectivity index (χ4n) is 3.00. The smallest absolute Gasteiger partial charge is 0.394 e. The molecule has 8 heteroatoms. The van der Waals surface area contributed by atoms with Gasteiger partial charge in [0, 0.05) is 24.7 Å². The number of carboxylic acid groups (broad SMARTS) is 1. The van der Waals surface area contributed by atoms with Crippen LogP contribution in [0.2, 0.25) is 0 Å². The first-order chi connectivity index (χ1) is 11.3. The molecule has 1 fully saturated rings. The largest absolute Gasteiger partial charge is 0.481 e. The van der Waals surface area contributed by atoms with Crippen molar-refractivity contribution in [3.05, 3.63) is 42.1 Å². The molecule has 2 heterocycles. The molecule has 1 aromatic carbocycles. The molecule has 1 aliphatic rings. The average molecular weight is 338 g/mol. The van der Waals surface area contributed by atoms with Gasteiger partial charge in [-0.05, 0) is 12.1 Å². The first-order valence-corrected chi connectivity index (χ1v) is 7.21. The van der Waals surface area contributed by atoms with Crippen LogP contribution in [0.5, 0.6) is 0 Å². The van der Waals surface area contributed by atoms with Gasteiger partial charge in [-0.25, -0.2) is 0 Å². The number of carbonyl (C=O) groups is 2. The summed E-state index contributed by atoms with van der Waals surface area (Å²) in [6.45, 7) is -1.13. The number of carbonyl (C=O) groups excluding carboxylic acids is 1. The van der Waals surface area contributed by atoms with E-state index in [1.54, 1.807) is 24.3 Å². The number of aromatic nitrogens is 1. The van der Waals surface area contributed by atoms with Crippen LogP contribution >= 0.6 is 0 Å². The SMILES string of the molecule is O=C(O)[C@@H]1CN(C(=O)c2cccc3cccnc23)C[C@H]1C(F)(F)F. The second kappa shape index (κ2) is 5.77. The van der Waals surface area contributed by atoms with Crippen molar-refractivity contribution in [3.63, 3.8) is 0 Å². The van der Waals surface area contributed by atoms with Gasteiger partial charge in [0.2, 0.25) is 0 Å². The lowest BCUT2D eigenvalue weighted by Crippen LogP contribution is -2.34. The molecule has 0 unspecified atom stereocenters. The van der Waals surface area contributed by atoms with E-state index in [0.717, 1.165) is 4.90 Å². The Labute approximate surface area is 134 Å². The Morgan fingerprint density at radius 1 is 1.17 bits per heavy atom. The van der Waals surface area contributed by atoms with Gasteiger partial charge in [-0.2, -0.15) is 13.2 Å². The first-order valence-electron chi connectivity index (χ1n) is 7.21. The van der Waals surface area contributed by atoms with E-state index >= 15 is 0 Å². The van der Waals surface area contributed by atoms with Crippen molar-refractivity contribution >= 4 is 22.8 Å². The monoisotopic (exact) mass is 338 g/mol. The maximum atomic E-state index is 13.0. The third-order valence-corrected chi connectivity index (χ3v) is 4.21. The van der Waals surface area contributed by atoms with Gasteiger partial charge >= 0.3 is 12.1 Å². The van der Waals surface area contributed by atoms with Gasteiger partial charge in [-0.15, -0.1) is 0 Å². The van der Waals surface area contributed by atoms with Crippen LogP contribution in [0.3, 0.4) is 0 Å². The van der Waals surface area contributed by atoms with E-state index in [4.69, 9.17) is 5.11 Å². The van der Waals surface area contributed by atoms with E-state index in [1.807, 2.05) is 0 Å². The lowest BCUT2D eigenvalue weighted by atomic mass is 9.96. The first kappa shape index (κ1) is 16.2. The van der Waals surface area contributed by atoms with Crippen molar-refractivity contribution in [1.29, 1.82) is 0 Å². The number of amides is 1. The normalized spacial score (nSPS) is 21.2. The van der Waals surface area contributed by atoms with Crippen molar-refractivity contribution < 1.29 is 27.9 Å². The van der Waals surface area contributed by atoms with Crippen LogP contribution in [0.15, 0.2) is 36.5 Å². The van der Waals surface area contributed by atoms with Crippen molar-refractivity contribution in [2.24, 2.45) is 11.8 Å². The molecular weight excluding hydrogens is 325 g/mol. The van der Waals surface area contributed by atoms with Crippen LogP contribution in [0.1, 0.15) is 10.4 Å². The summed E-state index contributed by atoms with van der Waals surface area (Å²) in [5.74, 6) is -5.92. The van der Waals surface area contributed by atoms with Gasteiger partial charge in [0.1, 0.15) is 0 Å². The highest BCUT2D eigenvalue weighted by Gasteiger charge is 2.53. The maximum absolute atomic E-state index is 13.0. The van der Waals surface area contributed by atoms with Gasteiger partial charge in [-0.1, -0.05) is 18.2 Å². The lowest BCUT2D eigenvalue weighted by Gasteiger charge is -2.18.